The summed E-state index contributed by atoms with van der Waals surface area (Å²) >= 11 is 0. The maximum absolute atomic E-state index is 12.0. The van der Waals surface area contributed by atoms with E-state index in [1.807, 2.05) is 0 Å². The van der Waals surface area contributed by atoms with Crippen molar-refractivity contribution in [3.05, 3.63) is 12.7 Å². The van der Waals surface area contributed by atoms with Crippen molar-refractivity contribution in [3.8, 4) is 0 Å². The first-order valence-electron chi connectivity index (χ1n) is 4.07. The molecule has 0 rings (SSSR count). The lowest BCUT2D eigenvalue weighted by Gasteiger charge is -2.18. The molecular weight excluding hydrogens is 280 g/mol. The summed E-state index contributed by atoms with van der Waals surface area (Å²) in [5.74, 6) is -0.981. The van der Waals surface area contributed by atoms with Gasteiger partial charge in [0.05, 0.1) is 0 Å². The number of carboxylic acid groups (broad SMARTS) is 1. The maximum Gasteiger partial charge on any atom is 0.422 e. The highest BCUT2D eigenvalue weighted by Crippen LogP contribution is 2.30. The number of aliphatic carboxylic acids is 1. The molecule has 108 valence electrons. The quantitative estimate of drug-likeness (QED) is 0.637. The van der Waals surface area contributed by atoms with Crippen molar-refractivity contribution in [1.29, 1.82) is 0 Å². The predicted molar refractivity (Wildman–Crippen MR) is 44.6 cm³/mol. The van der Waals surface area contributed by atoms with Gasteiger partial charge in [0.2, 0.25) is 6.17 Å². The summed E-state index contributed by atoms with van der Waals surface area (Å²) in [7, 11) is 0. The molecule has 1 N–H and O–H groups in total. The van der Waals surface area contributed by atoms with Gasteiger partial charge in [0, 0.05) is 6.08 Å². The van der Waals surface area contributed by atoms with Crippen LogP contribution in [0.25, 0.3) is 0 Å². The Kier molecular flexibility index (Phi) is 8.31. The van der Waals surface area contributed by atoms with E-state index in [4.69, 9.17) is 5.11 Å². The van der Waals surface area contributed by atoms with Crippen LogP contribution in [0.1, 0.15) is 0 Å². The molecule has 0 heterocycles. The van der Waals surface area contributed by atoms with Gasteiger partial charge < -0.3 is 5.11 Å². The van der Waals surface area contributed by atoms with E-state index in [-0.39, 0.29) is 0 Å². The zero-order chi connectivity index (χ0) is 15.1. The van der Waals surface area contributed by atoms with Gasteiger partial charge in [-0.3, -0.25) is 0 Å². The lowest BCUT2D eigenvalue weighted by molar-refractivity contribution is -0.207. The summed E-state index contributed by atoms with van der Waals surface area (Å²) in [6, 6.07) is 0. The third kappa shape index (κ3) is 7.85. The van der Waals surface area contributed by atoms with Gasteiger partial charge in [0.15, 0.2) is 12.3 Å². The van der Waals surface area contributed by atoms with E-state index in [1.54, 1.807) is 0 Å². The van der Waals surface area contributed by atoms with Crippen LogP contribution in [0, 0.1) is 0 Å². The van der Waals surface area contributed by atoms with E-state index in [0.29, 0.717) is 0 Å². The van der Waals surface area contributed by atoms with Crippen LogP contribution >= 0.6 is 0 Å². The Morgan fingerprint density at radius 2 is 1.39 bits per heavy atom. The molecule has 0 aliphatic rings. The first-order chi connectivity index (χ1) is 7.95. The standard InChI is InChI=1S/C5H4F8.C3H4O2/c6-1(2(7)4(9)10)3(8)5(11,12)13;1-2-3(4)5/h1-4H;2H,1H2,(H,4,5). The summed E-state index contributed by atoms with van der Waals surface area (Å²) in [4.78, 5) is 9.25. The minimum absolute atomic E-state index is 0.833. The van der Waals surface area contributed by atoms with Crippen molar-refractivity contribution in [2.24, 2.45) is 0 Å². The predicted octanol–water partition coefficient (Wildman–Crippen LogP) is 3.09. The third-order valence-electron chi connectivity index (χ3n) is 1.31. The Labute approximate surface area is 95.9 Å². The molecule has 0 saturated heterocycles. The van der Waals surface area contributed by atoms with Crippen LogP contribution in [0.3, 0.4) is 0 Å². The van der Waals surface area contributed by atoms with E-state index in [0.717, 1.165) is 6.08 Å². The van der Waals surface area contributed by atoms with Crippen LogP contribution in [-0.4, -0.2) is 42.2 Å². The molecule has 0 aromatic rings. The lowest BCUT2D eigenvalue weighted by Crippen LogP contribution is -2.41. The van der Waals surface area contributed by atoms with Crippen LogP contribution in [0.5, 0.6) is 0 Å². The summed E-state index contributed by atoms with van der Waals surface area (Å²) in [6.45, 7) is 2.96. The number of alkyl halides is 8. The van der Waals surface area contributed by atoms with Gasteiger partial charge in [0.1, 0.15) is 0 Å². The van der Waals surface area contributed by atoms with Crippen LogP contribution < -0.4 is 0 Å². The molecule has 10 heteroatoms. The van der Waals surface area contributed by atoms with E-state index < -0.39 is 37.1 Å². The Hall–Kier alpha value is -1.35. The molecule has 18 heavy (non-hydrogen) atoms. The second-order valence-electron chi connectivity index (χ2n) is 2.71. The zero-order valence-electron chi connectivity index (χ0n) is 8.47. The van der Waals surface area contributed by atoms with Gasteiger partial charge in [-0.1, -0.05) is 6.58 Å². The third-order valence-corrected chi connectivity index (χ3v) is 1.31. The monoisotopic (exact) mass is 288 g/mol. The van der Waals surface area contributed by atoms with Gasteiger partial charge in [0.25, 0.3) is 6.43 Å². The van der Waals surface area contributed by atoms with E-state index in [9.17, 15) is 39.9 Å². The Bertz CT molecular complexity index is 264. The largest absolute Gasteiger partial charge is 0.478 e. The number of carbonyl (C=O) groups is 1. The van der Waals surface area contributed by atoms with Crippen molar-refractivity contribution in [2.75, 3.05) is 0 Å². The molecule has 0 bridgehead atoms. The molecule has 0 aliphatic carbocycles. The molecule has 0 spiro atoms. The van der Waals surface area contributed by atoms with E-state index in [2.05, 4.69) is 6.58 Å². The fourth-order valence-corrected chi connectivity index (χ4v) is 0.481. The average Bonchev–Trinajstić information content (AvgIpc) is 2.25. The fourth-order valence-electron chi connectivity index (χ4n) is 0.481. The number of hydrogen-bond acceptors (Lipinski definition) is 1. The second kappa shape index (κ2) is 7.88. The highest BCUT2D eigenvalue weighted by Gasteiger charge is 2.51. The first kappa shape index (κ1) is 19.0. The highest BCUT2D eigenvalue weighted by molar-refractivity contribution is 5.78. The van der Waals surface area contributed by atoms with Gasteiger partial charge in [-0.2, -0.15) is 13.2 Å². The molecule has 0 aromatic carbocycles. The van der Waals surface area contributed by atoms with Crippen LogP contribution in [-0.2, 0) is 4.79 Å². The van der Waals surface area contributed by atoms with Gasteiger partial charge in [-0.15, -0.1) is 0 Å². The van der Waals surface area contributed by atoms with Crippen molar-refractivity contribution >= 4 is 5.97 Å². The van der Waals surface area contributed by atoms with E-state index >= 15 is 0 Å². The maximum atomic E-state index is 12.0. The molecule has 0 radical (unpaired) electrons. The summed E-state index contributed by atoms with van der Waals surface area (Å²) in [6.07, 6.45) is -20.7. The summed E-state index contributed by atoms with van der Waals surface area (Å²) < 4.78 is 92.1. The number of carboxylic acids is 1. The average molecular weight is 288 g/mol. The molecule has 0 fully saturated rings. The fraction of sp³-hybridized carbons (Fsp3) is 0.625. The molecule has 0 saturated carbocycles. The second-order valence-corrected chi connectivity index (χ2v) is 2.71. The van der Waals surface area contributed by atoms with Gasteiger partial charge in [-0.25, -0.2) is 26.7 Å². The number of hydrogen-bond donors (Lipinski definition) is 1. The SMILES string of the molecule is C=CC(=O)O.FC(F)C(F)C(F)C(F)C(F)(F)F. The van der Waals surface area contributed by atoms with Crippen LogP contribution in [0.15, 0.2) is 12.7 Å². The minimum atomic E-state index is -5.67. The lowest BCUT2D eigenvalue weighted by atomic mass is 10.1. The van der Waals surface area contributed by atoms with Gasteiger partial charge in [-0.05, 0) is 0 Å². The highest BCUT2D eigenvalue weighted by atomic mass is 19.4. The Morgan fingerprint density at radius 1 is 1.06 bits per heavy atom. The van der Waals surface area contributed by atoms with Gasteiger partial charge >= 0.3 is 12.1 Å². The van der Waals surface area contributed by atoms with Crippen molar-refractivity contribution in [1.82, 2.24) is 0 Å². The van der Waals surface area contributed by atoms with Crippen LogP contribution in [0.4, 0.5) is 35.1 Å². The smallest absolute Gasteiger partial charge is 0.422 e. The molecular formula is C8H8F8O2. The summed E-state index contributed by atoms with van der Waals surface area (Å²) in [5, 5.41) is 7.60. The first-order valence-corrected chi connectivity index (χ1v) is 4.07. The number of rotatable bonds is 4. The molecule has 3 atom stereocenters. The van der Waals surface area contributed by atoms with Crippen molar-refractivity contribution in [2.45, 2.75) is 31.1 Å². The zero-order valence-corrected chi connectivity index (χ0v) is 8.47. The molecule has 0 aromatic heterocycles. The topological polar surface area (TPSA) is 37.3 Å². The van der Waals surface area contributed by atoms with Crippen molar-refractivity contribution < 1.29 is 45.0 Å². The summed E-state index contributed by atoms with van der Waals surface area (Å²) in [5.41, 5.74) is 0. The molecule has 0 aliphatic heterocycles. The van der Waals surface area contributed by atoms with Crippen LogP contribution in [0.2, 0.25) is 0 Å². The van der Waals surface area contributed by atoms with Crippen molar-refractivity contribution in [3.63, 3.8) is 0 Å². The molecule has 0 amide bonds. The normalized spacial score (nSPS) is 16.3. The van der Waals surface area contributed by atoms with E-state index in [1.165, 1.54) is 0 Å². The molecule has 3 unspecified atom stereocenters. The Balaban J connectivity index is 0. The minimum Gasteiger partial charge on any atom is -0.478 e. The molecule has 2 nitrogen and oxygen atoms in total. The Morgan fingerprint density at radius 3 is 1.56 bits per heavy atom. The number of halogens is 8.